The van der Waals surface area contributed by atoms with E-state index < -0.39 is 0 Å². The van der Waals surface area contributed by atoms with Gasteiger partial charge in [0.05, 0.1) is 0 Å². The predicted molar refractivity (Wildman–Crippen MR) is 159 cm³/mol. The lowest BCUT2D eigenvalue weighted by molar-refractivity contribution is -0.164. The number of fused-ring (bicyclic) bond motifs is 5. The van der Waals surface area contributed by atoms with E-state index in [0.29, 0.717) is 22.8 Å². The lowest BCUT2D eigenvalue weighted by Crippen LogP contribution is -2.61. The molecule has 0 saturated heterocycles. The third-order valence-corrected chi connectivity index (χ3v) is 12.5. The van der Waals surface area contributed by atoms with Gasteiger partial charge in [-0.15, -0.1) is 0 Å². The molecule has 0 bridgehead atoms. The highest BCUT2D eigenvalue weighted by Gasteiger charge is 2.63. The topological polar surface area (TPSA) is 64.3 Å². The molecule has 38 heavy (non-hydrogen) atoms. The van der Waals surface area contributed by atoms with Crippen molar-refractivity contribution in [2.24, 2.45) is 58.0 Å². The zero-order valence-corrected chi connectivity index (χ0v) is 25.9. The van der Waals surface area contributed by atoms with Gasteiger partial charge in [0.15, 0.2) is 0 Å². The standard InChI is InChI=1S/C34H62N2O2/c1-23(2)11-10-12-24(3)28-13-14-29-32-30(16-18-34(28,29)6)33(5)17-15-27(38-25(4)37)21-26(33)22-31(32)36-20-9-7-8-19-35/h23-24,26-32,36H,7-22,35H2,1-6H3/t24-,26-,27+,28-,29+,30+,31+,32+,33+,34-/m1/s1. The Labute approximate surface area is 235 Å². The van der Waals surface area contributed by atoms with Crippen molar-refractivity contribution in [1.82, 2.24) is 5.32 Å². The lowest BCUT2D eigenvalue weighted by atomic mass is 9.43. The van der Waals surface area contributed by atoms with E-state index in [1.54, 1.807) is 6.92 Å². The molecule has 4 rings (SSSR count). The molecule has 4 aliphatic rings. The second-order valence-electron chi connectivity index (χ2n) is 15.2. The number of nitrogens with two attached hydrogens (primary N) is 1. The maximum absolute atomic E-state index is 11.8. The summed E-state index contributed by atoms with van der Waals surface area (Å²) in [7, 11) is 0. The van der Waals surface area contributed by atoms with Crippen LogP contribution in [-0.2, 0) is 9.53 Å². The Kier molecular flexibility index (Phi) is 10.3. The molecule has 0 aromatic rings. The average Bonchev–Trinajstić information content (AvgIpc) is 3.21. The summed E-state index contributed by atoms with van der Waals surface area (Å²) >= 11 is 0. The number of unbranched alkanes of at least 4 members (excludes halogenated alkanes) is 2. The van der Waals surface area contributed by atoms with Crippen molar-refractivity contribution in [3.8, 4) is 0 Å². The van der Waals surface area contributed by atoms with Crippen LogP contribution in [0.5, 0.6) is 0 Å². The molecule has 220 valence electrons. The number of carbonyl (C=O) groups is 1. The van der Waals surface area contributed by atoms with Gasteiger partial charge < -0.3 is 15.8 Å². The summed E-state index contributed by atoms with van der Waals surface area (Å²) < 4.78 is 5.78. The third-order valence-electron chi connectivity index (χ3n) is 12.5. The minimum absolute atomic E-state index is 0.102. The first kappa shape index (κ1) is 30.4. The molecule has 0 aromatic heterocycles. The second-order valence-corrected chi connectivity index (χ2v) is 15.2. The number of carbonyl (C=O) groups excluding carboxylic acids is 1. The summed E-state index contributed by atoms with van der Waals surface area (Å²) in [6.07, 6.45) is 18.3. The average molecular weight is 531 g/mol. The summed E-state index contributed by atoms with van der Waals surface area (Å²) in [5.41, 5.74) is 6.69. The van der Waals surface area contributed by atoms with E-state index in [-0.39, 0.29) is 12.1 Å². The Hall–Kier alpha value is -0.610. The molecule has 0 aromatic carbocycles. The van der Waals surface area contributed by atoms with Crippen molar-refractivity contribution in [3.05, 3.63) is 0 Å². The first-order valence-electron chi connectivity index (χ1n) is 16.7. The van der Waals surface area contributed by atoms with Gasteiger partial charge in [-0.3, -0.25) is 4.79 Å². The predicted octanol–water partition coefficient (Wildman–Crippen LogP) is 7.74. The monoisotopic (exact) mass is 530 g/mol. The van der Waals surface area contributed by atoms with Crippen LogP contribution < -0.4 is 11.1 Å². The molecule has 4 nitrogen and oxygen atoms in total. The van der Waals surface area contributed by atoms with Crippen LogP contribution in [0.3, 0.4) is 0 Å². The van der Waals surface area contributed by atoms with E-state index in [1.165, 1.54) is 70.6 Å². The summed E-state index contributed by atoms with van der Waals surface area (Å²) in [6.45, 7) is 16.2. The molecule has 4 fully saturated rings. The zero-order valence-electron chi connectivity index (χ0n) is 25.9. The molecule has 10 atom stereocenters. The van der Waals surface area contributed by atoms with E-state index in [4.69, 9.17) is 10.5 Å². The zero-order chi connectivity index (χ0) is 27.5. The first-order chi connectivity index (χ1) is 18.1. The van der Waals surface area contributed by atoms with Gasteiger partial charge in [0.2, 0.25) is 0 Å². The van der Waals surface area contributed by atoms with E-state index in [9.17, 15) is 4.79 Å². The minimum atomic E-state index is -0.102. The Morgan fingerprint density at radius 2 is 1.66 bits per heavy atom. The molecule has 4 saturated carbocycles. The molecule has 0 heterocycles. The Balaban J connectivity index is 1.52. The minimum Gasteiger partial charge on any atom is -0.463 e. The van der Waals surface area contributed by atoms with Gasteiger partial charge in [-0.2, -0.15) is 0 Å². The highest BCUT2D eigenvalue weighted by molar-refractivity contribution is 5.66. The van der Waals surface area contributed by atoms with Crippen molar-refractivity contribution < 1.29 is 9.53 Å². The highest BCUT2D eigenvalue weighted by atomic mass is 16.5. The van der Waals surface area contributed by atoms with Crippen molar-refractivity contribution in [3.63, 3.8) is 0 Å². The van der Waals surface area contributed by atoms with Crippen molar-refractivity contribution >= 4 is 5.97 Å². The maximum Gasteiger partial charge on any atom is 0.302 e. The third kappa shape index (κ3) is 6.32. The number of ether oxygens (including phenoxy) is 1. The highest BCUT2D eigenvalue weighted by Crippen LogP contribution is 2.68. The number of esters is 1. The van der Waals surface area contributed by atoms with Crippen molar-refractivity contribution in [1.29, 1.82) is 0 Å². The first-order valence-corrected chi connectivity index (χ1v) is 16.7. The quantitative estimate of drug-likeness (QED) is 0.200. The second kappa shape index (κ2) is 12.9. The number of rotatable bonds is 12. The number of hydrogen-bond donors (Lipinski definition) is 2. The van der Waals surface area contributed by atoms with Crippen molar-refractivity contribution in [2.75, 3.05) is 13.1 Å². The fraction of sp³-hybridized carbons (Fsp3) is 0.971. The molecule has 0 unspecified atom stereocenters. The fourth-order valence-corrected chi connectivity index (χ4v) is 10.5. The summed E-state index contributed by atoms with van der Waals surface area (Å²) in [4.78, 5) is 11.8. The van der Waals surface area contributed by atoms with Crippen LogP contribution in [0.15, 0.2) is 0 Å². The fourth-order valence-electron chi connectivity index (χ4n) is 10.5. The Bertz CT molecular complexity index is 770. The van der Waals surface area contributed by atoms with Crippen LogP contribution in [0.2, 0.25) is 0 Å². The van der Waals surface area contributed by atoms with Gasteiger partial charge in [0, 0.05) is 13.0 Å². The lowest BCUT2D eigenvalue weighted by Gasteiger charge is -2.63. The van der Waals surface area contributed by atoms with Gasteiger partial charge in [0.1, 0.15) is 6.10 Å². The molecule has 4 aliphatic carbocycles. The normalized spacial score (nSPS) is 41.3. The van der Waals surface area contributed by atoms with Gasteiger partial charge in [-0.25, -0.2) is 0 Å². The van der Waals surface area contributed by atoms with Crippen LogP contribution >= 0.6 is 0 Å². The van der Waals surface area contributed by atoms with E-state index in [1.807, 2.05) is 0 Å². The molecule has 0 amide bonds. The molecule has 4 heteroatoms. The van der Waals surface area contributed by atoms with E-state index in [0.717, 1.165) is 67.9 Å². The van der Waals surface area contributed by atoms with Crippen LogP contribution in [0.4, 0.5) is 0 Å². The van der Waals surface area contributed by atoms with Gasteiger partial charge >= 0.3 is 5.97 Å². The Morgan fingerprint density at radius 1 is 0.921 bits per heavy atom. The number of hydrogen-bond acceptors (Lipinski definition) is 4. The SMILES string of the molecule is CC(=O)O[C@H]1CC[C@@]2(C)[C@H](C1)C[C@H](NCCCCCN)[C@@H]1[C@@H]2CC[C@]2(C)[C@@H]([C@H](C)CCCC(C)C)CC[C@@H]12. The van der Waals surface area contributed by atoms with E-state index in [2.05, 4.69) is 39.9 Å². The number of nitrogens with one attached hydrogen (secondary N) is 1. The molecular weight excluding hydrogens is 468 g/mol. The smallest absolute Gasteiger partial charge is 0.302 e. The largest absolute Gasteiger partial charge is 0.463 e. The summed E-state index contributed by atoms with van der Waals surface area (Å²) in [5.74, 6) is 5.63. The molecular formula is C34H62N2O2. The molecule has 0 radical (unpaired) electrons. The van der Waals surface area contributed by atoms with Crippen LogP contribution in [0.1, 0.15) is 131 Å². The van der Waals surface area contributed by atoms with E-state index >= 15 is 0 Å². The van der Waals surface area contributed by atoms with Gasteiger partial charge in [-0.05, 0) is 130 Å². The van der Waals surface area contributed by atoms with Gasteiger partial charge in [0.25, 0.3) is 0 Å². The molecule has 0 aliphatic heterocycles. The van der Waals surface area contributed by atoms with Crippen LogP contribution in [-0.4, -0.2) is 31.2 Å². The van der Waals surface area contributed by atoms with Crippen LogP contribution in [0.25, 0.3) is 0 Å². The Morgan fingerprint density at radius 3 is 2.37 bits per heavy atom. The summed E-state index contributed by atoms with van der Waals surface area (Å²) in [6, 6.07) is 0.617. The van der Waals surface area contributed by atoms with Crippen molar-refractivity contribution in [2.45, 2.75) is 144 Å². The maximum atomic E-state index is 11.8. The van der Waals surface area contributed by atoms with Crippen LogP contribution in [0, 0.1) is 52.3 Å². The molecule has 0 spiro atoms. The summed E-state index contributed by atoms with van der Waals surface area (Å²) in [5, 5.41) is 4.16. The molecule has 3 N–H and O–H groups in total. The van der Waals surface area contributed by atoms with Gasteiger partial charge in [-0.1, -0.05) is 60.3 Å².